The van der Waals surface area contributed by atoms with Gasteiger partial charge in [-0.3, -0.25) is 19.1 Å². The molecule has 1 aliphatic rings. The molecule has 1 aromatic carbocycles. The summed E-state index contributed by atoms with van der Waals surface area (Å²) < 4.78 is 1.70. The van der Waals surface area contributed by atoms with Crippen LogP contribution in [0, 0.1) is 5.92 Å². The molecule has 1 aliphatic carbocycles. The average molecular weight is 331 g/mol. The van der Waals surface area contributed by atoms with Crippen LogP contribution in [0.15, 0.2) is 29.5 Å². The molecule has 0 radical (unpaired) electrons. The monoisotopic (exact) mass is 330 g/mol. The molecule has 1 aromatic heterocycles. The number of carbonyl (C=O) groups is 2. The number of aliphatic imine (C=N–C) groups is 1. The van der Waals surface area contributed by atoms with Crippen molar-refractivity contribution in [3.8, 4) is 5.69 Å². The van der Waals surface area contributed by atoms with E-state index in [1.807, 2.05) is 12.1 Å². The second-order valence-electron chi connectivity index (χ2n) is 5.50. The summed E-state index contributed by atoms with van der Waals surface area (Å²) in [6, 6.07) is 5.46. The van der Waals surface area contributed by atoms with Gasteiger partial charge in [-0.2, -0.15) is 0 Å². The third-order valence-electron chi connectivity index (χ3n) is 3.98. The van der Waals surface area contributed by atoms with Crippen molar-refractivity contribution >= 4 is 30.0 Å². The standard InChI is InChI=1S/C16H15ClN4O2/c1-19-7-9-2-3-11(6-12(9)17)21-8-20-13-4-10(16(18)23)5-14(22)15(13)21/h2-3,6,8,10H,1,4-5,7H2,(H2,18,23)/t10-/m0/s1. The van der Waals surface area contributed by atoms with Crippen LogP contribution < -0.4 is 5.73 Å². The molecule has 0 fully saturated rings. The summed E-state index contributed by atoms with van der Waals surface area (Å²) in [4.78, 5) is 31.8. The Labute approximate surface area is 138 Å². The minimum atomic E-state index is -0.483. The van der Waals surface area contributed by atoms with Gasteiger partial charge in [-0.05, 0) is 24.4 Å². The molecule has 118 valence electrons. The molecule has 0 aliphatic heterocycles. The maximum absolute atomic E-state index is 12.4. The molecule has 2 N–H and O–H groups in total. The molecule has 7 heteroatoms. The number of imidazole rings is 1. The first-order chi connectivity index (χ1) is 11.0. The number of Topliss-reactive ketones (excluding diaryl/α,β-unsaturated/α-hetero) is 1. The van der Waals surface area contributed by atoms with Gasteiger partial charge in [-0.1, -0.05) is 17.7 Å². The molecule has 1 heterocycles. The molecule has 0 saturated carbocycles. The Balaban J connectivity index is 2.00. The Bertz CT molecular complexity index is 812. The van der Waals surface area contributed by atoms with Crippen molar-refractivity contribution in [1.82, 2.24) is 9.55 Å². The van der Waals surface area contributed by atoms with Gasteiger partial charge in [0.15, 0.2) is 5.78 Å². The Morgan fingerprint density at radius 3 is 2.91 bits per heavy atom. The molecule has 0 saturated heterocycles. The Kier molecular flexibility index (Phi) is 4.00. The summed E-state index contributed by atoms with van der Waals surface area (Å²) in [5, 5.41) is 0.552. The number of ketones is 1. The lowest BCUT2D eigenvalue weighted by atomic mass is 9.88. The summed E-state index contributed by atoms with van der Waals surface area (Å²) in [5.41, 5.74) is 8.00. The van der Waals surface area contributed by atoms with E-state index >= 15 is 0 Å². The van der Waals surface area contributed by atoms with Crippen molar-refractivity contribution in [3.63, 3.8) is 0 Å². The maximum Gasteiger partial charge on any atom is 0.221 e. The molecule has 2 aromatic rings. The van der Waals surface area contributed by atoms with Crippen LogP contribution in [0.2, 0.25) is 5.02 Å². The van der Waals surface area contributed by atoms with Gasteiger partial charge >= 0.3 is 0 Å². The number of primary amides is 1. The quantitative estimate of drug-likeness (QED) is 0.869. The van der Waals surface area contributed by atoms with E-state index in [1.165, 1.54) is 0 Å². The number of hydrogen-bond donors (Lipinski definition) is 1. The van der Waals surface area contributed by atoms with E-state index in [4.69, 9.17) is 17.3 Å². The predicted octanol–water partition coefficient (Wildman–Crippen LogP) is 1.96. The highest BCUT2D eigenvalue weighted by Gasteiger charge is 2.32. The Morgan fingerprint density at radius 1 is 1.48 bits per heavy atom. The van der Waals surface area contributed by atoms with E-state index < -0.39 is 11.8 Å². The second-order valence-corrected chi connectivity index (χ2v) is 5.91. The van der Waals surface area contributed by atoms with Crippen LogP contribution in [-0.2, 0) is 17.8 Å². The van der Waals surface area contributed by atoms with E-state index in [-0.39, 0.29) is 12.2 Å². The normalized spacial score (nSPS) is 16.9. The van der Waals surface area contributed by atoms with Gasteiger partial charge in [0, 0.05) is 23.6 Å². The van der Waals surface area contributed by atoms with Crippen LogP contribution in [0.3, 0.4) is 0 Å². The zero-order valence-corrected chi connectivity index (χ0v) is 13.1. The number of rotatable bonds is 4. The average Bonchev–Trinajstić information content (AvgIpc) is 2.94. The smallest absolute Gasteiger partial charge is 0.221 e. The van der Waals surface area contributed by atoms with Crippen molar-refractivity contribution in [2.24, 2.45) is 16.6 Å². The zero-order valence-electron chi connectivity index (χ0n) is 12.3. The van der Waals surface area contributed by atoms with Crippen LogP contribution >= 0.6 is 11.6 Å². The summed E-state index contributed by atoms with van der Waals surface area (Å²) >= 11 is 6.24. The number of aromatic nitrogens is 2. The third kappa shape index (κ3) is 2.77. The zero-order chi connectivity index (χ0) is 16.6. The molecule has 3 rings (SSSR count). The van der Waals surface area contributed by atoms with Crippen LogP contribution in [-0.4, -0.2) is 28.0 Å². The second kappa shape index (κ2) is 5.96. The van der Waals surface area contributed by atoms with Crippen LogP contribution in [0.1, 0.15) is 28.2 Å². The number of benzene rings is 1. The summed E-state index contributed by atoms with van der Waals surface area (Å²) in [6.45, 7) is 3.88. The lowest BCUT2D eigenvalue weighted by Crippen LogP contribution is -2.32. The van der Waals surface area contributed by atoms with E-state index in [0.29, 0.717) is 29.4 Å². The number of fused-ring (bicyclic) bond motifs is 1. The highest BCUT2D eigenvalue weighted by atomic mass is 35.5. The Hall–Kier alpha value is -2.47. The molecule has 1 atom stereocenters. The molecule has 0 unspecified atom stereocenters. The molecule has 6 nitrogen and oxygen atoms in total. The van der Waals surface area contributed by atoms with Crippen LogP contribution in [0.25, 0.3) is 5.69 Å². The van der Waals surface area contributed by atoms with Gasteiger partial charge in [0.25, 0.3) is 0 Å². The number of amides is 1. The van der Waals surface area contributed by atoms with E-state index in [2.05, 4.69) is 16.7 Å². The van der Waals surface area contributed by atoms with Gasteiger partial charge in [-0.15, -0.1) is 0 Å². The number of nitrogens with zero attached hydrogens (tertiary/aromatic N) is 3. The lowest BCUT2D eigenvalue weighted by Gasteiger charge is -2.19. The number of nitrogens with two attached hydrogens (primary N) is 1. The fraction of sp³-hybridized carbons (Fsp3) is 0.250. The van der Waals surface area contributed by atoms with Crippen LogP contribution in [0.5, 0.6) is 0 Å². The van der Waals surface area contributed by atoms with Crippen molar-refractivity contribution in [1.29, 1.82) is 0 Å². The van der Waals surface area contributed by atoms with Crippen molar-refractivity contribution in [3.05, 3.63) is 46.5 Å². The first kappa shape index (κ1) is 15.4. The molecule has 1 amide bonds. The predicted molar refractivity (Wildman–Crippen MR) is 87.2 cm³/mol. The molecular formula is C16H15ClN4O2. The number of carbonyl (C=O) groups excluding carboxylic acids is 2. The molecular weight excluding hydrogens is 316 g/mol. The van der Waals surface area contributed by atoms with Gasteiger partial charge in [0.2, 0.25) is 5.91 Å². The molecule has 0 spiro atoms. The molecule has 0 bridgehead atoms. The minimum absolute atomic E-state index is 0.111. The van der Waals surface area contributed by atoms with Gasteiger partial charge in [-0.25, -0.2) is 4.98 Å². The van der Waals surface area contributed by atoms with Crippen molar-refractivity contribution in [2.45, 2.75) is 19.4 Å². The highest BCUT2D eigenvalue weighted by molar-refractivity contribution is 6.31. The Morgan fingerprint density at radius 2 is 2.26 bits per heavy atom. The third-order valence-corrected chi connectivity index (χ3v) is 4.33. The van der Waals surface area contributed by atoms with Crippen molar-refractivity contribution < 1.29 is 9.59 Å². The van der Waals surface area contributed by atoms with Gasteiger partial charge < -0.3 is 5.73 Å². The van der Waals surface area contributed by atoms with Crippen LogP contribution in [0.4, 0.5) is 0 Å². The van der Waals surface area contributed by atoms with E-state index in [1.54, 1.807) is 17.0 Å². The first-order valence-electron chi connectivity index (χ1n) is 7.11. The topological polar surface area (TPSA) is 90.3 Å². The first-order valence-corrected chi connectivity index (χ1v) is 7.49. The van der Waals surface area contributed by atoms with E-state index in [9.17, 15) is 9.59 Å². The lowest BCUT2D eigenvalue weighted by molar-refractivity contribution is -0.121. The summed E-state index contributed by atoms with van der Waals surface area (Å²) in [5.74, 6) is -1.09. The number of halogens is 1. The fourth-order valence-corrected chi connectivity index (χ4v) is 3.02. The van der Waals surface area contributed by atoms with Gasteiger partial charge in [0.1, 0.15) is 12.0 Å². The highest BCUT2D eigenvalue weighted by Crippen LogP contribution is 2.28. The van der Waals surface area contributed by atoms with E-state index in [0.717, 1.165) is 11.3 Å². The number of hydrogen-bond acceptors (Lipinski definition) is 4. The summed E-state index contributed by atoms with van der Waals surface area (Å²) in [6.07, 6.45) is 2.07. The fourth-order valence-electron chi connectivity index (χ4n) is 2.79. The summed E-state index contributed by atoms with van der Waals surface area (Å²) in [7, 11) is 0. The molecule has 23 heavy (non-hydrogen) atoms. The SMILES string of the molecule is C=NCc1ccc(-n2cnc3c2C(=O)C[C@@H](C(N)=O)C3)cc1Cl. The maximum atomic E-state index is 12.4. The van der Waals surface area contributed by atoms with Crippen molar-refractivity contribution in [2.75, 3.05) is 0 Å². The largest absolute Gasteiger partial charge is 0.369 e. The minimum Gasteiger partial charge on any atom is -0.369 e. The van der Waals surface area contributed by atoms with Gasteiger partial charge in [0.05, 0.1) is 18.2 Å².